The summed E-state index contributed by atoms with van der Waals surface area (Å²) in [6.45, 7) is 3.73. The SMILES string of the molecule is CCc1ncnc(N2CCO[C@H](CNc3nccn(C)c3=O)C2)c1F. The van der Waals surface area contributed by atoms with Crippen LogP contribution in [0.5, 0.6) is 0 Å². The van der Waals surface area contributed by atoms with E-state index >= 15 is 0 Å². The number of hydrogen-bond donors (Lipinski definition) is 1. The van der Waals surface area contributed by atoms with Crippen LogP contribution in [0.4, 0.5) is 16.0 Å². The van der Waals surface area contributed by atoms with Gasteiger partial charge in [0.2, 0.25) is 0 Å². The molecule has 9 heteroatoms. The number of ether oxygens (including phenoxy) is 1. The van der Waals surface area contributed by atoms with Crippen molar-refractivity contribution in [1.29, 1.82) is 0 Å². The lowest BCUT2D eigenvalue weighted by Gasteiger charge is -2.34. The van der Waals surface area contributed by atoms with Gasteiger partial charge < -0.3 is 19.5 Å². The Balaban J connectivity index is 1.67. The number of hydrogen-bond acceptors (Lipinski definition) is 7. The summed E-state index contributed by atoms with van der Waals surface area (Å²) < 4.78 is 21.6. The highest BCUT2D eigenvalue weighted by molar-refractivity contribution is 5.42. The zero-order valence-electron chi connectivity index (χ0n) is 14.3. The zero-order valence-corrected chi connectivity index (χ0v) is 14.3. The fourth-order valence-electron chi connectivity index (χ4n) is 2.73. The van der Waals surface area contributed by atoms with Crippen molar-refractivity contribution in [3.63, 3.8) is 0 Å². The third kappa shape index (κ3) is 3.76. The second kappa shape index (κ2) is 7.56. The van der Waals surface area contributed by atoms with Crippen LogP contribution in [0.1, 0.15) is 12.6 Å². The van der Waals surface area contributed by atoms with E-state index in [4.69, 9.17) is 4.74 Å². The predicted molar refractivity (Wildman–Crippen MR) is 91.3 cm³/mol. The first-order valence-electron chi connectivity index (χ1n) is 8.21. The van der Waals surface area contributed by atoms with Crippen LogP contribution in [0.3, 0.4) is 0 Å². The highest BCUT2D eigenvalue weighted by Gasteiger charge is 2.25. The molecule has 3 rings (SSSR count). The molecule has 0 aromatic carbocycles. The summed E-state index contributed by atoms with van der Waals surface area (Å²) in [7, 11) is 1.66. The Morgan fingerprint density at radius 2 is 2.24 bits per heavy atom. The minimum absolute atomic E-state index is 0.204. The third-order valence-corrected chi connectivity index (χ3v) is 4.13. The number of morpholine rings is 1. The number of anilines is 2. The summed E-state index contributed by atoms with van der Waals surface area (Å²) in [5.41, 5.74) is 0.202. The van der Waals surface area contributed by atoms with E-state index in [1.165, 1.54) is 10.9 Å². The van der Waals surface area contributed by atoms with Crippen LogP contribution in [0.25, 0.3) is 0 Å². The summed E-state index contributed by atoms with van der Waals surface area (Å²) in [6.07, 6.45) is 4.84. The summed E-state index contributed by atoms with van der Waals surface area (Å²) in [5.74, 6) is 0.193. The van der Waals surface area contributed by atoms with Crippen molar-refractivity contribution in [2.45, 2.75) is 19.4 Å². The molecule has 1 aliphatic heterocycles. The van der Waals surface area contributed by atoms with E-state index in [1.807, 2.05) is 11.8 Å². The van der Waals surface area contributed by atoms with Gasteiger partial charge >= 0.3 is 0 Å². The third-order valence-electron chi connectivity index (χ3n) is 4.13. The molecule has 134 valence electrons. The van der Waals surface area contributed by atoms with Crippen LogP contribution >= 0.6 is 0 Å². The summed E-state index contributed by atoms with van der Waals surface area (Å²) in [5, 5.41) is 3.01. The van der Waals surface area contributed by atoms with Crippen molar-refractivity contribution in [1.82, 2.24) is 19.5 Å². The van der Waals surface area contributed by atoms with Gasteiger partial charge in [0.25, 0.3) is 5.56 Å². The molecule has 0 radical (unpaired) electrons. The highest BCUT2D eigenvalue weighted by atomic mass is 19.1. The largest absolute Gasteiger partial charge is 0.373 e. The molecule has 25 heavy (non-hydrogen) atoms. The lowest BCUT2D eigenvalue weighted by Crippen LogP contribution is -2.46. The number of aryl methyl sites for hydroxylation is 2. The van der Waals surface area contributed by atoms with Gasteiger partial charge in [-0.05, 0) is 6.42 Å². The molecular weight excluding hydrogens is 327 g/mol. The quantitative estimate of drug-likeness (QED) is 0.846. The van der Waals surface area contributed by atoms with Crippen LogP contribution in [0, 0.1) is 5.82 Å². The second-order valence-corrected chi connectivity index (χ2v) is 5.82. The average molecular weight is 348 g/mol. The van der Waals surface area contributed by atoms with Gasteiger partial charge in [-0.3, -0.25) is 4.79 Å². The van der Waals surface area contributed by atoms with Gasteiger partial charge in [0, 0.05) is 39.1 Å². The van der Waals surface area contributed by atoms with Gasteiger partial charge in [-0.1, -0.05) is 6.92 Å². The van der Waals surface area contributed by atoms with Gasteiger partial charge in [0.05, 0.1) is 18.4 Å². The Bertz CT molecular complexity index is 796. The number of nitrogens with one attached hydrogen (secondary N) is 1. The van der Waals surface area contributed by atoms with E-state index in [2.05, 4.69) is 20.3 Å². The van der Waals surface area contributed by atoms with Gasteiger partial charge in [-0.2, -0.15) is 0 Å². The Labute approximate surface area is 144 Å². The Kier molecular flexibility index (Phi) is 5.22. The highest BCUT2D eigenvalue weighted by Crippen LogP contribution is 2.20. The van der Waals surface area contributed by atoms with E-state index in [-0.39, 0.29) is 23.3 Å². The van der Waals surface area contributed by atoms with Crippen LogP contribution in [0.15, 0.2) is 23.5 Å². The van der Waals surface area contributed by atoms with E-state index in [0.29, 0.717) is 44.2 Å². The molecule has 1 fully saturated rings. The maximum Gasteiger partial charge on any atom is 0.293 e. The Morgan fingerprint density at radius 3 is 3.04 bits per heavy atom. The topological polar surface area (TPSA) is 85.2 Å². The molecule has 0 aliphatic carbocycles. The van der Waals surface area contributed by atoms with Crippen molar-refractivity contribution in [2.24, 2.45) is 7.05 Å². The molecule has 1 saturated heterocycles. The number of aromatic nitrogens is 4. The molecule has 1 atom stereocenters. The molecule has 2 aromatic heterocycles. The maximum atomic E-state index is 14.5. The molecule has 0 unspecified atom stereocenters. The average Bonchev–Trinajstić information content (AvgIpc) is 2.63. The minimum atomic E-state index is -0.378. The monoisotopic (exact) mass is 348 g/mol. The van der Waals surface area contributed by atoms with Crippen LogP contribution in [-0.4, -0.2) is 51.9 Å². The summed E-state index contributed by atoms with van der Waals surface area (Å²) in [4.78, 5) is 25.9. The van der Waals surface area contributed by atoms with E-state index in [1.54, 1.807) is 19.4 Å². The predicted octanol–water partition coefficient (Wildman–Crippen LogP) is 0.589. The maximum absolute atomic E-state index is 14.5. The fourth-order valence-corrected chi connectivity index (χ4v) is 2.73. The first kappa shape index (κ1) is 17.3. The van der Waals surface area contributed by atoms with Crippen molar-refractivity contribution in [2.75, 3.05) is 36.5 Å². The molecule has 0 spiro atoms. The summed E-state index contributed by atoms with van der Waals surface area (Å²) >= 11 is 0. The van der Waals surface area contributed by atoms with Crippen molar-refractivity contribution in [3.8, 4) is 0 Å². The first-order valence-corrected chi connectivity index (χ1v) is 8.21. The van der Waals surface area contributed by atoms with Crippen LogP contribution in [0.2, 0.25) is 0 Å². The van der Waals surface area contributed by atoms with E-state index < -0.39 is 0 Å². The number of rotatable bonds is 5. The fraction of sp³-hybridized carbons (Fsp3) is 0.500. The molecule has 2 aromatic rings. The zero-order chi connectivity index (χ0) is 17.8. The lowest BCUT2D eigenvalue weighted by atomic mass is 10.2. The van der Waals surface area contributed by atoms with Crippen molar-refractivity contribution >= 4 is 11.6 Å². The number of nitrogens with zero attached hydrogens (tertiary/aromatic N) is 5. The van der Waals surface area contributed by atoms with Crippen molar-refractivity contribution < 1.29 is 9.13 Å². The first-order chi connectivity index (χ1) is 12.1. The lowest BCUT2D eigenvalue weighted by molar-refractivity contribution is 0.0486. The second-order valence-electron chi connectivity index (χ2n) is 5.82. The van der Waals surface area contributed by atoms with Gasteiger partial charge in [-0.15, -0.1) is 0 Å². The molecule has 0 bridgehead atoms. The van der Waals surface area contributed by atoms with E-state index in [0.717, 1.165) is 0 Å². The van der Waals surface area contributed by atoms with Gasteiger partial charge in [0.1, 0.15) is 6.33 Å². The molecule has 8 nitrogen and oxygen atoms in total. The standard InChI is InChI=1S/C16H21FN6O2/c1-3-12-13(17)15(21-10-20-12)23-6-7-25-11(9-23)8-19-14-16(24)22(2)5-4-18-14/h4-5,10-11H,3,6-9H2,1-2H3,(H,18,19)/t11-/m1/s1. The van der Waals surface area contributed by atoms with Gasteiger partial charge in [-0.25, -0.2) is 19.3 Å². The molecule has 1 aliphatic rings. The van der Waals surface area contributed by atoms with Crippen LogP contribution in [-0.2, 0) is 18.2 Å². The molecule has 0 amide bonds. The minimum Gasteiger partial charge on any atom is -0.373 e. The molecular formula is C16H21FN6O2. The van der Waals surface area contributed by atoms with E-state index in [9.17, 15) is 9.18 Å². The number of halogens is 1. The molecule has 1 N–H and O–H groups in total. The Hall–Kier alpha value is -2.55. The smallest absolute Gasteiger partial charge is 0.293 e. The van der Waals surface area contributed by atoms with Crippen molar-refractivity contribution in [3.05, 3.63) is 40.6 Å². The van der Waals surface area contributed by atoms with Gasteiger partial charge in [0.15, 0.2) is 17.5 Å². The normalized spacial score (nSPS) is 17.6. The van der Waals surface area contributed by atoms with Crippen LogP contribution < -0.4 is 15.8 Å². The molecule has 0 saturated carbocycles. The Morgan fingerprint density at radius 1 is 1.40 bits per heavy atom. The summed E-state index contributed by atoms with van der Waals surface area (Å²) in [6, 6.07) is 0. The molecule has 3 heterocycles.